The highest BCUT2D eigenvalue weighted by Gasteiger charge is 2.25. The molecule has 2 amide bonds. The first-order valence-corrected chi connectivity index (χ1v) is 9.09. The molecule has 2 aromatic rings. The fraction of sp³-hybridized carbons (Fsp3) is 0.400. The zero-order chi connectivity index (χ0) is 18.2. The molecule has 1 aliphatic heterocycles. The first-order valence-electron chi connectivity index (χ1n) is 9.09. The molecule has 1 aromatic heterocycles. The van der Waals surface area contributed by atoms with Crippen LogP contribution in [0.25, 0.3) is 0 Å². The van der Waals surface area contributed by atoms with E-state index in [0.29, 0.717) is 38.5 Å². The highest BCUT2D eigenvalue weighted by atomic mass is 16.3. The molecule has 0 aliphatic carbocycles. The summed E-state index contributed by atoms with van der Waals surface area (Å²) in [5.74, 6) is 0.334. The molecule has 26 heavy (non-hydrogen) atoms. The van der Waals surface area contributed by atoms with Gasteiger partial charge in [-0.1, -0.05) is 30.3 Å². The Bertz CT molecular complexity index is 692. The van der Waals surface area contributed by atoms with E-state index in [1.54, 1.807) is 17.0 Å². The van der Waals surface area contributed by atoms with E-state index >= 15 is 0 Å². The Morgan fingerprint density at radius 2 is 1.69 bits per heavy atom. The van der Waals surface area contributed by atoms with Crippen LogP contribution in [0.5, 0.6) is 0 Å². The quantitative estimate of drug-likeness (QED) is 0.769. The maximum Gasteiger partial charge on any atom is 0.289 e. The molecule has 2 heterocycles. The summed E-state index contributed by atoms with van der Waals surface area (Å²) < 4.78 is 5.15. The maximum atomic E-state index is 12.3. The molecule has 0 saturated carbocycles. The minimum Gasteiger partial charge on any atom is -0.459 e. The van der Waals surface area contributed by atoms with Crippen LogP contribution in [0.2, 0.25) is 0 Å². The Hall–Kier alpha value is -2.60. The summed E-state index contributed by atoms with van der Waals surface area (Å²) in [4.78, 5) is 28.0. The van der Waals surface area contributed by atoms with Gasteiger partial charge in [-0.05, 0) is 37.1 Å². The van der Waals surface area contributed by atoms with Gasteiger partial charge in [0.15, 0.2) is 5.76 Å². The molecule has 138 valence electrons. The molecule has 3 rings (SSSR count). The van der Waals surface area contributed by atoms with Gasteiger partial charge in [-0.2, -0.15) is 0 Å². The second-order valence-corrected chi connectivity index (χ2v) is 6.42. The molecule has 1 saturated heterocycles. The second kappa shape index (κ2) is 9.20. The average Bonchev–Trinajstić information content (AvgIpc) is 3.23. The van der Waals surface area contributed by atoms with Crippen LogP contribution in [0.3, 0.4) is 0 Å². The lowest BCUT2D eigenvalue weighted by molar-refractivity contribution is -0.131. The van der Waals surface area contributed by atoms with E-state index in [0.717, 1.165) is 19.4 Å². The Morgan fingerprint density at radius 1 is 0.962 bits per heavy atom. The topological polar surface area (TPSA) is 65.8 Å². The van der Waals surface area contributed by atoms with Crippen LogP contribution in [0.15, 0.2) is 53.1 Å². The minimum absolute atomic E-state index is 0.0924. The first-order chi connectivity index (χ1) is 12.7. The third-order valence-corrected chi connectivity index (χ3v) is 4.59. The van der Waals surface area contributed by atoms with Gasteiger partial charge in [0.05, 0.1) is 12.8 Å². The van der Waals surface area contributed by atoms with Crippen molar-refractivity contribution >= 4 is 11.8 Å². The average molecular weight is 355 g/mol. The van der Waals surface area contributed by atoms with Gasteiger partial charge in [0.25, 0.3) is 5.91 Å². The molecule has 0 unspecified atom stereocenters. The molecule has 0 bridgehead atoms. The van der Waals surface area contributed by atoms with E-state index in [1.807, 2.05) is 23.1 Å². The predicted molar refractivity (Wildman–Crippen MR) is 98.8 cm³/mol. The lowest BCUT2D eigenvalue weighted by Crippen LogP contribution is -2.52. The van der Waals surface area contributed by atoms with Crippen molar-refractivity contribution in [2.45, 2.75) is 12.8 Å². The van der Waals surface area contributed by atoms with Crippen molar-refractivity contribution in [3.63, 3.8) is 0 Å². The highest BCUT2D eigenvalue weighted by molar-refractivity contribution is 5.91. The fourth-order valence-corrected chi connectivity index (χ4v) is 3.08. The number of carbonyl (C=O) groups excluding carboxylic acids is 2. The van der Waals surface area contributed by atoms with E-state index in [9.17, 15) is 9.59 Å². The largest absolute Gasteiger partial charge is 0.459 e. The molecule has 0 atom stereocenters. The first kappa shape index (κ1) is 18.2. The van der Waals surface area contributed by atoms with E-state index in [2.05, 4.69) is 17.4 Å². The van der Waals surface area contributed by atoms with Gasteiger partial charge in [-0.25, -0.2) is 0 Å². The summed E-state index contributed by atoms with van der Waals surface area (Å²) in [7, 11) is 0. The van der Waals surface area contributed by atoms with Crippen LogP contribution in [0, 0.1) is 0 Å². The van der Waals surface area contributed by atoms with Crippen molar-refractivity contribution in [2.75, 3.05) is 39.3 Å². The summed E-state index contributed by atoms with van der Waals surface area (Å²) >= 11 is 0. The second-order valence-electron chi connectivity index (χ2n) is 6.42. The summed E-state index contributed by atoms with van der Waals surface area (Å²) in [6, 6.07) is 13.7. The van der Waals surface area contributed by atoms with Gasteiger partial charge in [0.2, 0.25) is 5.91 Å². The number of rotatable bonds is 7. The van der Waals surface area contributed by atoms with Gasteiger partial charge in [0, 0.05) is 26.2 Å². The van der Waals surface area contributed by atoms with Gasteiger partial charge in [0.1, 0.15) is 0 Å². The van der Waals surface area contributed by atoms with E-state index in [-0.39, 0.29) is 11.8 Å². The number of benzene rings is 1. The summed E-state index contributed by atoms with van der Waals surface area (Å²) in [6.45, 7) is 3.38. The number of furan rings is 1. The van der Waals surface area contributed by atoms with Gasteiger partial charge in [-0.15, -0.1) is 0 Å². The Balaban J connectivity index is 1.32. The van der Waals surface area contributed by atoms with E-state index < -0.39 is 0 Å². The molecule has 0 spiro atoms. The number of amides is 2. The minimum atomic E-state index is -0.110. The van der Waals surface area contributed by atoms with Crippen LogP contribution in [-0.4, -0.2) is 60.9 Å². The number of nitrogens with one attached hydrogen (secondary N) is 1. The van der Waals surface area contributed by atoms with Crippen LogP contribution in [-0.2, 0) is 11.2 Å². The Labute approximate surface area is 153 Å². The van der Waals surface area contributed by atoms with Gasteiger partial charge in [-0.3, -0.25) is 9.59 Å². The number of hydrogen-bond donors (Lipinski definition) is 1. The summed E-state index contributed by atoms with van der Waals surface area (Å²) in [5, 5.41) is 3.22. The third kappa shape index (κ3) is 4.95. The van der Waals surface area contributed by atoms with Crippen LogP contribution >= 0.6 is 0 Å². The number of nitrogens with zero attached hydrogens (tertiary/aromatic N) is 2. The zero-order valence-electron chi connectivity index (χ0n) is 14.9. The molecule has 1 aliphatic rings. The number of carbonyl (C=O) groups is 2. The number of aryl methyl sites for hydroxylation is 1. The highest BCUT2D eigenvalue weighted by Crippen LogP contribution is 2.09. The molecule has 6 heteroatoms. The maximum absolute atomic E-state index is 12.3. The van der Waals surface area contributed by atoms with Crippen molar-refractivity contribution in [3.8, 4) is 0 Å². The third-order valence-electron chi connectivity index (χ3n) is 4.59. The summed E-state index contributed by atoms with van der Waals surface area (Å²) in [6.07, 6.45) is 3.51. The molecule has 1 N–H and O–H groups in total. The molecule has 0 radical (unpaired) electrons. The van der Waals surface area contributed by atoms with Crippen LogP contribution < -0.4 is 5.32 Å². The molecule has 6 nitrogen and oxygen atoms in total. The standard InChI is InChI=1S/C20H25N3O3/c24-19(16-21-10-4-8-17-6-2-1-3-7-17)22-11-13-23(14-12-22)20(25)18-9-5-15-26-18/h1-3,5-7,9,15,21H,4,8,10-14,16H2. The molecule has 1 aromatic carbocycles. The SMILES string of the molecule is O=C(CNCCCc1ccccc1)N1CCN(C(=O)c2ccco2)CC1. The predicted octanol–water partition coefficient (Wildman–Crippen LogP) is 1.79. The Kier molecular flexibility index (Phi) is 6.44. The van der Waals surface area contributed by atoms with E-state index in [4.69, 9.17) is 4.42 Å². The lowest BCUT2D eigenvalue weighted by atomic mass is 10.1. The van der Waals surface area contributed by atoms with Crippen molar-refractivity contribution in [1.29, 1.82) is 0 Å². The molecule has 1 fully saturated rings. The summed E-state index contributed by atoms with van der Waals surface area (Å²) in [5.41, 5.74) is 1.32. The van der Waals surface area contributed by atoms with Crippen LogP contribution in [0.4, 0.5) is 0 Å². The van der Waals surface area contributed by atoms with Crippen molar-refractivity contribution in [1.82, 2.24) is 15.1 Å². The van der Waals surface area contributed by atoms with Crippen LogP contribution in [0.1, 0.15) is 22.5 Å². The molecular formula is C20H25N3O3. The van der Waals surface area contributed by atoms with Crippen molar-refractivity contribution in [3.05, 3.63) is 60.1 Å². The smallest absolute Gasteiger partial charge is 0.289 e. The van der Waals surface area contributed by atoms with E-state index in [1.165, 1.54) is 11.8 Å². The zero-order valence-corrected chi connectivity index (χ0v) is 14.9. The normalized spacial score (nSPS) is 14.5. The van der Waals surface area contributed by atoms with Gasteiger partial charge < -0.3 is 19.5 Å². The lowest BCUT2D eigenvalue weighted by Gasteiger charge is -2.34. The number of hydrogen-bond acceptors (Lipinski definition) is 4. The monoisotopic (exact) mass is 355 g/mol. The number of piperazine rings is 1. The Morgan fingerprint density at radius 3 is 2.38 bits per heavy atom. The van der Waals surface area contributed by atoms with Crippen molar-refractivity contribution in [2.24, 2.45) is 0 Å². The molecular weight excluding hydrogens is 330 g/mol. The van der Waals surface area contributed by atoms with Gasteiger partial charge >= 0.3 is 0 Å². The van der Waals surface area contributed by atoms with Crippen molar-refractivity contribution < 1.29 is 14.0 Å². The fourth-order valence-electron chi connectivity index (χ4n) is 3.08.